The van der Waals surface area contributed by atoms with Crippen LogP contribution in [0.3, 0.4) is 0 Å². The summed E-state index contributed by atoms with van der Waals surface area (Å²) in [6.07, 6.45) is -4.61. The van der Waals surface area contributed by atoms with Crippen molar-refractivity contribution in [2.75, 3.05) is 26.4 Å². The first-order valence-electron chi connectivity index (χ1n) is 5.29. The minimum atomic E-state index is -4.43. The molecule has 0 saturated heterocycles. The third-order valence-electron chi connectivity index (χ3n) is 1.82. The standard InChI is InChI=1S/C9H15F3N2O5/c10-9(11,12)5-19-4-2-13-8(18)14-6(1-3-15)7(16)17/h6,15H,1-5H2,(H,16,17)(H2,13,14,18)/t6-/m0/s1. The molecule has 1 atom stereocenters. The summed E-state index contributed by atoms with van der Waals surface area (Å²) in [5.41, 5.74) is 0. The number of carboxylic acid groups (broad SMARTS) is 1. The van der Waals surface area contributed by atoms with Crippen molar-refractivity contribution in [3.05, 3.63) is 0 Å². The first kappa shape index (κ1) is 17.4. The highest BCUT2D eigenvalue weighted by Crippen LogP contribution is 2.13. The van der Waals surface area contributed by atoms with Crippen LogP contribution in [-0.2, 0) is 9.53 Å². The van der Waals surface area contributed by atoms with E-state index in [0.717, 1.165) is 0 Å². The van der Waals surface area contributed by atoms with Crippen molar-refractivity contribution in [2.24, 2.45) is 0 Å². The van der Waals surface area contributed by atoms with Crippen LogP contribution in [0.25, 0.3) is 0 Å². The van der Waals surface area contributed by atoms with Crippen molar-refractivity contribution in [1.82, 2.24) is 10.6 Å². The van der Waals surface area contributed by atoms with Gasteiger partial charge in [-0.1, -0.05) is 0 Å². The molecule has 0 bridgehead atoms. The third-order valence-corrected chi connectivity index (χ3v) is 1.82. The summed E-state index contributed by atoms with van der Waals surface area (Å²) in [7, 11) is 0. The SMILES string of the molecule is O=C(NCCOCC(F)(F)F)N[C@@H](CCO)C(=O)O. The van der Waals surface area contributed by atoms with Crippen molar-refractivity contribution in [1.29, 1.82) is 0 Å². The topological polar surface area (TPSA) is 108 Å². The molecule has 0 aliphatic carbocycles. The average Bonchev–Trinajstić information content (AvgIpc) is 2.26. The van der Waals surface area contributed by atoms with Gasteiger partial charge in [0.15, 0.2) is 0 Å². The molecule has 112 valence electrons. The highest BCUT2D eigenvalue weighted by atomic mass is 19.4. The van der Waals surface area contributed by atoms with E-state index in [1.807, 2.05) is 5.32 Å². The Labute approximate surface area is 106 Å². The van der Waals surface area contributed by atoms with Gasteiger partial charge in [0, 0.05) is 19.6 Å². The van der Waals surface area contributed by atoms with E-state index in [0.29, 0.717) is 0 Å². The Kier molecular flexibility index (Phi) is 7.84. The molecule has 0 aliphatic rings. The predicted molar refractivity (Wildman–Crippen MR) is 56.5 cm³/mol. The van der Waals surface area contributed by atoms with Gasteiger partial charge in [0.2, 0.25) is 0 Å². The zero-order chi connectivity index (χ0) is 14.9. The molecule has 4 N–H and O–H groups in total. The first-order chi connectivity index (χ1) is 8.76. The van der Waals surface area contributed by atoms with Crippen LogP contribution >= 0.6 is 0 Å². The number of nitrogens with one attached hydrogen (secondary N) is 2. The number of aliphatic carboxylic acids is 1. The van der Waals surface area contributed by atoms with Crippen LogP contribution in [0.5, 0.6) is 0 Å². The maximum absolute atomic E-state index is 11.7. The lowest BCUT2D eigenvalue weighted by Gasteiger charge is -2.14. The number of carbonyl (C=O) groups is 2. The number of amides is 2. The van der Waals surface area contributed by atoms with Gasteiger partial charge >= 0.3 is 18.2 Å². The number of halogens is 3. The first-order valence-corrected chi connectivity index (χ1v) is 5.29. The second-order valence-corrected chi connectivity index (χ2v) is 3.47. The van der Waals surface area contributed by atoms with Crippen LogP contribution in [-0.4, -0.2) is 60.8 Å². The molecule has 0 heterocycles. The Bertz CT molecular complexity index is 298. The Morgan fingerprint density at radius 2 is 1.95 bits per heavy atom. The van der Waals surface area contributed by atoms with Gasteiger partial charge in [0.05, 0.1) is 6.61 Å². The Balaban J connectivity index is 3.77. The Morgan fingerprint density at radius 1 is 1.32 bits per heavy atom. The maximum atomic E-state index is 11.7. The average molecular weight is 288 g/mol. The summed E-state index contributed by atoms with van der Waals surface area (Å²) in [6, 6.07) is -2.13. The maximum Gasteiger partial charge on any atom is 0.411 e. The summed E-state index contributed by atoms with van der Waals surface area (Å²) in [6.45, 7) is -2.40. The molecule has 0 aromatic heterocycles. The van der Waals surface area contributed by atoms with Gasteiger partial charge in [-0.15, -0.1) is 0 Å². The molecule has 0 fully saturated rings. The molecular formula is C9H15F3N2O5. The van der Waals surface area contributed by atoms with Crippen molar-refractivity contribution in [2.45, 2.75) is 18.6 Å². The number of alkyl halides is 3. The van der Waals surface area contributed by atoms with Gasteiger partial charge in [-0.2, -0.15) is 13.2 Å². The predicted octanol–water partition coefficient (Wildman–Crippen LogP) is -0.300. The number of ether oxygens (including phenoxy) is 1. The monoisotopic (exact) mass is 288 g/mol. The fourth-order valence-corrected chi connectivity index (χ4v) is 1.02. The highest BCUT2D eigenvalue weighted by Gasteiger charge is 2.27. The Hall–Kier alpha value is -1.55. The number of urea groups is 1. The van der Waals surface area contributed by atoms with Crippen molar-refractivity contribution < 1.29 is 37.7 Å². The Morgan fingerprint density at radius 3 is 2.42 bits per heavy atom. The molecule has 0 aromatic rings. The molecule has 10 heteroatoms. The van der Waals surface area contributed by atoms with E-state index in [2.05, 4.69) is 10.1 Å². The van der Waals surface area contributed by atoms with Crippen molar-refractivity contribution in [3.63, 3.8) is 0 Å². The van der Waals surface area contributed by atoms with E-state index < -0.39 is 37.4 Å². The minimum Gasteiger partial charge on any atom is -0.480 e. The lowest BCUT2D eigenvalue weighted by molar-refractivity contribution is -0.173. The molecule has 7 nitrogen and oxygen atoms in total. The molecule has 0 aliphatic heterocycles. The largest absolute Gasteiger partial charge is 0.480 e. The third kappa shape index (κ3) is 10.1. The molecule has 0 radical (unpaired) electrons. The molecule has 0 rings (SSSR count). The lowest BCUT2D eigenvalue weighted by atomic mass is 10.2. The van der Waals surface area contributed by atoms with E-state index in [4.69, 9.17) is 10.2 Å². The van der Waals surface area contributed by atoms with Gasteiger partial charge in [0.1, 0.15) is 12.6 Å². The van der Waals surface area contributed by atoms with E-state index in [1.54, 1.807) is 0 Å². The van der Waals surface area contributed by atoms with E-state index in [1.165, 1.54) is 0 Å². The van der Waals surface area contributed by atoms with Crippen molar-refractivity contribution >= 4 is 12.0 Å². The zero-order valence-corrected chi connectivity index (χ0v) is 9.87. The molecule has 0 saturated carbocycles. The van der Waals surface area contributed by atoms with Gasteiger partial charge in [-0.25, -0.2) is 9.59 Å². The summed E-state index contributed by atoms with van der Waals surface area (Å²) in [5.74, 6) is -1.32. The molecule has 0 spiro atoms. The molecule has 19 heavy (non-hydrogen) atoms. The number of carbonyl (C=O) groups excluding carboxylic acids is 1. The fraction of sp³-hybridized carbons (Fsp3) is 0.778. The number of aliphatic hydroxyl groups excluding tert-OH is 1. The number of rotatable bonds is 8. The smallest absolute Gasteiger partial charge is 0.411 e. The van der Waals surface area contributed by atoms with Crippen molar-refractivity contribution in [3.8, 4) is 0 Å². The number of hydrogen-bond donors (Lipinski definition) is 4. The van der Waals surface area contributed by atoms with E-state index in [9.17, 15) is 22.8 Å². The van der Waals surface area contributed by atoms with Gasteiger partial charge in [-0.3, -0.25) is 0 Å². The van der Waals surface area contributed by atoms with Gasteiger partial charge < -0.3 is 25.6 Å². The highest BCUT2D eigenvalue weighted by molar-refractivity contribution is 5.82. The number of aliphatic hydroxyl groups is 1. The molecule has 0 aromatic carbocycles. The summed E-state index contributed by atoms with van der Waals surface area (Å²) in [5, 5.41) is 21.4. The van der Waals surface area contributed by atoms with E-state index >= 15 is 0 Å². The summed E-state index contributed by atoms with van der Waals surface area (Å²) >= 11 is 0. The van der Waals surface area contributed by atoms with E-state index in [-0.39, 0.29) is 19.6 Å². The lowest BCUT2D eigenvalue weighted by Crippen LogP contribution is -2.47. The molecule has 2 amide bonds. The second kappa shape index (κ2) is 8.53. The van der Waals surface area contributed by atoms with Crippen LogP contribution in [0.1, 0.15) is 6.42 Å². The van der Waals surface area contributed by atoms with Crippen LogP contribution in [0, 0.1) is 0 Å². The second-order valence-electron chi connectivity index (χ2n) is 3.47. The molecule has 0 unspecified atom stereocenters. The fourth-order valence-electron chi connectivity index (χ4n) is 1.02. The van der Waals surface area contributed by atoms with Crippen LogP contribution in [0.4, 0.5) is 18.0 Å². The van der Waals surface area contributed by atoms with Crippen LogP contribution < -0.4 is 10.6 Å². The quantitative estimate of drug-likeness (QED) is 0.459. The number of carboxylic acids is 1. The molecular weight excluding hydrogens is 273 g/mol. The van der Waals surface area contributed by atoms with Crippen LogP contribution in [0.15, 0.2) is 0 Å². The number of hydrogen-bond acceptors (Lipinski definition) is 4. The zero-order valence-electron chi connectivity index (χ0n) is 9.87. The van der Waals surface area contributed by atoms with Crippen LogP contribution in [0.2, 0.25) is 0 Å². The normalized spacial score (nSPS) is 12.8. The van der Waals surface area contributed by atoms with Gasteiger partial charge in [-0.05, 0) is 0 Å². The summed E-state index contributed by atoms with van der Waals surface area (Å²) in [4.78, 5) is 21.8. The van der Waals surface area contributed by atoms with Gasteiger partial charge in [0.25, 0.3) is 0 Å². The summed E-state index contributed by atoms with van der Waals surface area (Å²) < 4.78 is 39.2. The minimum absolute atomic E-state index is 0.173.